The lowest BCUT2D eigenvalue weighted by Crippen LogP contribution is -1.91. The molecule has 1 heterocycles. The molecule has 5 heteroatoms. The fourth-order valence-corrected chi connectivity index (χ4v) is 2.78. The van der Waals surface area contributed by atoms with Gasteiger partial charge in [0.2, 0.25) is 0 Å². The molecular weight excluding hydrogens is 298 g/mol. The van der Waals surface area contributed by atoms with Gasteiger partial charge in [0.25, 0.3) is 0 Å². The van der Waals surface area contributed by atoms with Crippen LogP contribution in [0.5, 0.6) is 0 Å². The average Bonchev–Trinajstić information content (AvgIpc) is 2.71. The van der Waals surface area contributed by atoms with Gasteiger partial charge >= 0.3 is 0 Å². The Kier molecular flexibility index (Phi) is 2.99. The van der Waals surface area contributed by atoms with Crippen molar-refractivity contribution in [3.05, 3.63) is 18.0 Å². The van der Waals surface area contributed by atoms with Gasteiger partial charge in [-0.2, -0.15) is 5.10 Å². The van der Waals surface area contributed by atoms with E-state index in [1.54, 1.807) is 0 Å². The van der Waals surface area contributed by atoms with Crippen molar-refractivity contribution >= 4 is 34.2 Å². The van der Waals surface area contributed by atoms with Crippen LogP contribution in [-0.4, -0.2) is 15.3 Å². The second kappa shape index (κ2) is 4.05. The van der Waals surface area contributed by atoms with Crippen LogP contribution in [0.3, 0.4) is 0 Å². The lowest BCUT2D eigenvalue weighted by Gasteiger charge is -2.02. The molecule has 2 unspecified atom stereocenters. The van der Waals surface area contributed by atoms with Gasteiger partial charge in [0.05, 0.1) is 12.6 Å². The second-order valence-electron chi connectivity index (χ2n) is 3.28. The number of ketones is 1. The molecule has 1 fully saturated rings. The highest BCUT2D eigenvalue weighted by atomic mass is 127. The molecule has 2 rings (SSSR count). The first-order valence-electron chi connectivity index (χ1n) is 4.22. The van der Waals surface area contributed by atoms with Crippen LogP contribution in [0.4, 0.5) is 0 Å². The smallest absolute Gasteiger partial charge is 0.133 e. The summed E-state index contributed by atoms with van der Waals surface area (Å²) in [6, 6.07) is 0. The van der Waals surface area contributed by atoms with Gasteiger partial charge in [-0.15, -0.1) is 0 Å². The molecule has 1 aromatic rings. The van der Waals surface area contributed by atoms with Gasteiger partial charge < -0.3 is 0 Å². The minimum absolute atomic E-state index is 0.398. The summed E-state index contributed by atoms with van der Waals surface area (Å²) in [6.07, 6.45) is 7.09. The Morgan fingerprint density at radius 1 is 1.69 bits per heavy atom. The molecule has 0 spiro atoms. The number of carbonyl (C=O) groups excluding carboxylic acids is 1. The van der Waals surface area contributed by atoms with Crippen molar-refractivity contribution in [2.24, 2.45) is 0 Å². The van der Waals surface area contributed by atoms with Gasteiger partial charge in [-0.25, -0.2) is 4.45 Å². The molecule has 0 aliphatic heterocycles. The van der Waals surface area contributed by atoms with Crippen LogP contribution in [0.2, 0.25) is 0 Å². The molecule has 0 saturated heterocycles. The fourth-order valence-electron chi connectivity index (χ4n) is 1.69. The monoisotopic (exact) mass is 308 g/mol. The highest BCUT2D eigenvalue weighted by Crippen LogP contribution is 2.33. The standard InChI is InChI=1S/C8H10IN2OP/c9-13-11-5-7(4-10-11)6-1-2-8(12)3-6/h4-6,13H,1-3H2. The van der Waals surface area contributed by atoms with E-state index in [2.05, 4.69) is 33.3 Å². The Labute approximate surface area is 91.6 Å². The summed E-state index contributed by atoms with van der Waals surface area (Å²) < 4.78 is 1.93. The predicted molar refractivity (Wildman–Crippen MR) is 61.6 cm³/mol. The molecule has 1 saturated carbocycles. The van der Waals surface area contributed by atoms with Gasteiger partial charge in [0, 0.05) is 19.0 Å². The van der Waals surface area contributed by atoms with Crippen molar-refractivity contribution in [1.29, 1.82) is 0 Å². The number of rotatable bonds is 2. The molecular formula is C8H10IN2OP. The van der Waals surface area contributed by atoms with Crippen LogP contribution in [0.15, 0.2) is 12.4 Å². The normalized spacial score (nSPS) is 23.5. The molecule has 0 bridgehead atoms. The molecule has 70 valence electrons. The van der Waals surface area contributed by atoms with E-state index in [4.69, 9.17) is 0 Å². The molecule has 0 amide bonds. The third-order valence-electron chi connectivity index (χ3n) is 2.41. The lowest BCUT2D eigenvalue weighted by atomic mass is 10.0. The first-order valence-corrected chi connectivity index (χ1v) is 8.28. The largest absolute Gasteiger partial charge is 0.300 e. The number of Topliss-reactive ketones (excluding diaryl/α,β-unsaturated/α-hetero) is 1. The molecule has 0 N–H and O–H groups in total. The maximum atomic E-state index is 11.1. The third kappa shape index (κ3) is 2.10. The number of halogens is 1. The molecule has 1 aliphatic carbocycles. The van der Waals surface area contributed by atoms with E-state index >= 15 is 0 Å². The van der Waals surface area contributed by atoms with E-state index in [-0.39, 0.29) is 0 Å². The molecule has 13 heavy (non-hydrogen) atoms. The summed E-state index contributed by atoms with van der Waals surface area (Å²) in [4.78, 5) is 11.1. The number of nitrogens with zero attached hydrogens (tertiary/aromatic N) is 2. The maximum absolute atomic E-state index is 11.1. The number of carbonyl (C=O) groups is 1. The molecule has 2 atom stereocenters. The topological polar surface area (TPSA) is 34.9 Å². The van der Waals surface area contributed by atoms with Crippen molar-refractivity contribution in [2.75, 3.05) is 0 Å². The minimum Gasteiger partial charge on any atom is -0.300 e. The zero-order valence-corrected chi connectivity index (χ0v) is 10.2. The molecule has 0 aromatic carbocycles. The van der Waals surface area contributed by atoms with E-state index in [0.29, 0.717) is 18.1 Å². The first kappa shape index (κ1) is 9.59. The van der Waals surface area contributed by atoms with Crippen LogP contribution >= 0.6 is 28.4 Å². The van der Waals surface area contributed by atoms with Crippen molar-refractivity contribution < 1.29 is 4.79 Å². The predicted octanol–water partition coefficient (Wildman–Crippen LogP) is 2.51. The van der Waals surface area contributed by atoms with E-state index in [9.17, 15) is 4.79 Å². The Bertz CT molecular complexity index is 326. The number of aromatic nitrogens is 2. The van der Waals surface area contributed by atoms with Crippen molar-refractivity contribution in [3.63, 3.8) is 0 Å². The maximum Gasteiger partial charge on any atom is 0.133 e. The Morgan fingerprint density at radius 2 is 2.54 bits per heavy atom. The fraction of sp³-hybridized carbons (Fsp3) is 0.500. The summed E-state index contributed by atoms with van der Waals surface area (Å²) in [5.74, 6) is 0.837. The van der Waals surface area contributed by atoms with E-state index in [0.717, 1.165) is 19.3 Å². The zero-order chi connectivity index (χ0) is 9.26. The van der Waals surface area contributed by atoms with Crippen LogP contribution < -0.4 is 0 Å². The minimum atomic E-state index is 0.398. The summed E-state index contributed by atoms with van der Waals surface area (Å²) in [7, 11) is 0. The van der Waals surface area contributed by atoms with Gasteiger partial charge in [-0.3, -0.25) is 4.79 Å². The molecule has 0 radical (unpaired) electrons. The van der Waals surface area contributed by atoms with Gasteiger partial charge in [-0.05, 0) is 39.9 Å². The first-order chi connectivity index (χ1) is 6.29. The zero-order valence-electron chi connectivity index (χ0n) is 7.03. The van der Waals surface area contributed by atoms with E-state index in [1.807, 2.05) is 10.6 Å². The van der Waals surface area contributed by atoms with E-state index < -0.39 is 0 Å². The summed E-state index contributed by atoms with van der Waals surface area (Å²) >= 11 is 2.30. The van der Waals surface area contributed by atoms with Crippen LogP contribution in [0.25, 0.3) is 0 Å². The number of hydrogen-bond donors (Lipinski definition) is 0. The molecule has 1 aromatic heterocycles. The molecule has 3 nitrogen and oxygen atoms in total. The van der Waals surface area contributed by atoms with Crippen LogP contribution in [0, 0.1) is 0 Å². The van der Waals surface area contributed by atoms with Gasteiger partial charge in [0.15, 0.2) is 0 Å². The van der Waals surface area contributed by atoms with Crippen LogP contribution in [0.1, 0.15) is 30.7 Å². The highest BCUT2D eigenvalue weighted by molar-refractivity contribution is 14.2. The van der Waals surface area contributed by atoms with E-state index in [1.165, 1.54) is 5.56 Å². The Morgan fingerprint density at radius 3 is 3.08 bits per heavy atom. The molecule has 1 aliphatic rings. The highest BCUT2D eigenvalue weighted by Gasteiger charge is 2.24. The average molecular weight is 308 g/mol. The quantitative estimate of drug-likeness (QED) is 0.621. The van der Waals surface area contributed by atoms with Crippen molar-refractivity contribution in [3.8, 4) is 0 Å². The summed E-state index contributed by atoms with van der Waals surface area (Å²) in [6.45, 7) is 0. The summed E-state index contributed by atoms with van der Waals surface area (Å²) in [5, 5.41) is 4.21. The van der Waals surface area contributed by atoms with Gasteiger partial charge in [-0.1, -0.05) is 0 Å². The third-order valence-corrected chi connectivity index (χ3v) is 4.31. The SMILES string of the molecule is O=C1CCC(c2cnn(PI)c2)C1. The van der Waals surface area contributed by atoms with Crippen LogP contribution in [-0.2, 0) is 4.79 Å². The Balaban J connectivity index is 2.12. The number of hydrogen-bond acceptors (Lipinski definition) is 2. The summed E-state index contributed by atoms with van der Waals surface area (Å²) in [5.41, 5.74) is 1.23. The Hall–Kier alpha value is 0.0400. The second-order valence-corrected chi connectivity index (χ2v) is 5.36. The van der Waals surface area contributed by atoms with Crippen molar-refractivity contribution in [2.45, 2.75) is 25.2 Å². The van der Waals surface area contributed by atoms with Crippen molar-refractivity contribution in [1.82, 2.24) is 9.55 Å². The lowest BCUT2D eigenvalue weighted by molar-refractivity contribution is -0.117. The van der Waals surface area contributed by atoms with Gasteiger partial charge in [0.1, 0.15) is 5.78 Å².